The van der Waals surface area contributed by atoms with Crippen LogP contribution in [0.3, 0.4) is 0 Å². The van der Waals surface area contributed by atoms with Crippen LogP contribution in [-0.4, -0.2) is 17.6 Å². The van der Waals surface area contributed by atoms with E-state index in [4.69, 9.17) is 11.6 Å². The Bertz CT molecular complexity index is 747. The van der Waals surface area contributed by atoms with Crippen molar-refractivity contribution in [3.05, 3.63) is 68.6 Å². The molecule has 2 aromatic rings. The first-order chi connectivity index (χ1) is 11.9. The summed E-state index contributed by atoms with van der Waals surface area (Å²) in [5.74, 6) is 0.0789. The highest BCUT2D eigenvalue weighted by molar-refractivity contribution is 9.10. The third kappa shape index (κ3) is 5.40. The molecule has 0 fully saturated rings. The van der Waals surface area contributed by atoms with E-state index >= 15 is 0 Å². The number of ketones is 1. The molecule has 1 amide bonds. The quantitative estimate of drug-likeness (QED) is 0.417. The monoisotopic (exact) mass is 485 g/mol. The van der Waals surface area contributed by atoms with Crippen LogP contribution < -0.4 is 5.32 Å². The Morgan fingerprint density at radius 1 is 1.00 bits per heavy atom. The van der Waals surface area contributed by atoms with Gasteiger partial charge < -0.3 is 5.32 Å². The topological polar surface area (TPSA) is 46.2 Å². The van der Waals surface area contributed by atoms with Crippen LogP contribution in [0, 0.1) is 0 Å². The molecule has 6 heteroatoms. The fourth-order valence-corrected chi connectivity index (χ4v) is 3.64. The zero-order chi connectivity index (χ0) is 18.4. The van der Waals surface area contributed by atoms with Gasteiger partial charge in [-0.2, -0.15) is 0 Å². The van der Waals surface area contributed by atoms with E-state index in [0.717, 1.165) is 14.5 Å². The lowest BCUT2D eigenvalue weighted by Crippen LogP contribution is -2.47. The van der Waals surface area contributed by atoms with Crippen molar-refractivity contribution in [2.45, 2.75) is 25.3 Å². The van der Waals surface area contributed by atoms with E-state index in [0.29, 0.717) is 17.9 Å². The van der Waals surface area contributed by atoms with Gasteiger partial charge in [0.05, 0.1) is 5.54 Å². The number of halogens is 3. The molecule has 0 heterocycles. The molecule has 0 bridgehead atoms. The summed E-state index contributed by atoms with van der Waals surface area (Å²) in [6, 6.07) is 14.8. The zero-order valence-electron chi connectivity index (χ0n) is 13.7. The third-order valence-electron chi connectivity index (χ3n) is 3.96. The van der Waals surface area contributed by atoms with E-state index in [2.05, 4.69) is 37.2 Å². The van der Waals surface area contributed by atoms with E-state index in [1.54, 1.807) is 12.1 Å². The molecule has 0 radical (unpaired) electrons. The van der Waals surface area contributed by atoms with Crippen molar-refractivity contribution in [3.8, 4) is 0 Å². The van der Waals surface area contributed by atoms with Crippen LogP contribution in [0.1, 0.15) is 35.7 Å². The van der Waals surface area contributed by atoms with Crippen molar-refractivity contribution in [2.24, 2.45) is 0 Å². The van der Waals surface area contributed by atoms with E-state index in [1.165, 1.54) is 6.92 Å². The van der Waals surface area contributed by atoms with Gasteiger partial charge in [0.15, 0.2) is 5.78 Å². The summed E-state index contributed by atoms with van der Waals surface area (Å²) in [6.07, 6.45) is 0.598. The molecule has 0 saturated carbocycles. The molecule has 1 atom stereocenters. The molecule has 1 N–H and O–H groups in total. The number of carbonyl (C=O) groups excluding carboxylic acids is 2. The maximum Gasteiger partial charge on any atom is 0.217 e. The van der Waals surface area contributed by atoms with E-state index in [9.17, 15) is 9.59 Å². The first kappa shape index (κ1) is 20.1. The summed E-state index contributed by atoms with van der Waals surface area (Å²) in [5.41, 5.74) is 0.625. The Balaban J connectivity index is 2.41. The van der Waals surface area contributed by atoms with Crippen LogP contribution >= 0.6 is 43.5 Å². The largest absolute Gasteiger partial charge is 0.346 e. The summed E-state index contributed by atoms with van der Waals surface area (Å²) >= 11 is 12.8. The van der Waals surface area contributed by atoms with Gasteiger partial charge in [0.25, 0.3) is 0 Å². The molecule has 2 aromatic carbocycles. The van der Waals surface area contributed by atoms with E-state index < -0.39 is 5.54 Å². The highest BCUT2D eigenvalue weighted by Crippen LogP contribution is 2.32. The Labute approximate surface area is 169 Å². The fourth-order valence-electron chi connectivity index (χ4n) is 2.79. The number of hydrogen-bond donors (Lipinski definition) is 1. The normalized spacial score (nSPS) is 13.1. The SMILES string of the molecule is CC(=O)NC(CCCl)(CC(=O)c1ccc(Br)cc1)c1ccc(Br)cc1. The van der Waals surface area contributed by atoms with Gasteiger partial charge in [-0.05, 0) is 36.2 Å². The minimum absolute atomic E-state index is 0.0470. The maximum absolute atomic E-state index is 12.8. The van der Waals surface area contributed by atoms with Crippen molar-refractivity contribution in [3.63, 3.8) is 0 Å². The summed E-state index contributed by atoms with van der Waals surface area (Å²) in [5, 5.41) is 2.97. The molecular weight excluding hydrogens is 469 g/mol. The molecule has 25 heavy (non-hydrogen) atoms. The average Bonchev–Trinajstić information content (AvgIpc) is 2.55. The Morgan fingerprint density at radius 2 is 1.52 bits per heavy atom. The van der Waals surface area contributed by atoms with Crippen LogP contribution in [0.4, 0.5) is 0 Å². The van der Waals surface area contributed by atoms with Gasteiger partial charge in [-0.1, -0.05) is 56.1 Å². The molecule has 0 aliphatic heterocycles. The Hall–Kier alpha value is -1.17. The predicted molar refractivity (Wildman–Crippen MR) is 108 cm³/mol. The number of amides is 1. The second kappa shape index (κ2) is 8.97. The van der Waals surface area contributed by atoms with Crippen LogP contribution in [-0.2, 0) is 10.3 Å². The first-order valence-corrected chi connectivity index (χ1v) is 9.88. The molecule has 0 saturated heterocycles. The van der Waals surface area contributed by atoms with Gasteiger partial charge >= 0.3 is 0 Å². The molecule has 2 rings (SSSR count). The molecule has 3 nitrogen and oxygen atoms in total. The van der Waals surface area contributed by atoms with Crippen molar-refractivity contribution < 1.29 is 9.59 Å². The van der Waals surface area contributed by atoms with Crippen LogP contribution in [0.25, 0.3) is 0 Å². The number of hydrogen-bond acceptors (Lipinski definition) is 2. The fraction of sp³-hybridized carbons (Fsp3) is 0.263. The highest BCUT2D eigenvalue weighted by Gasteiger charge is 2.35. The van der Waals surface area contributed by atoms with Crippen LogP contribution in [0.5, 0.6) is 0 Å². The Kier molecular flexibility index (Phi) is 7.23. The average molecular weight is 488 g/mol. The number of alkyl halides is 1. The molecule has 132 valence electrons. The lowest BCUT2D eigenvalue weighted by Gasteiger charge is -2.34. The Morgan fingerprint density at radius 3 is 2.00 bits per heavy atom. The molecule has 1 unspecified atom stereocenters. The summed E-state index contributed by atoms with van der Waals surface area (Å²) in [6.45, 7) is 1.45. The van der Waals surface area contributed by atoms with Crippen molar-refractivity contribution in [1.29, 1.82) is 0 Å². The van der Waals surface area contributed by atoms with Gasteiger partial charge in [0, 0.05) is 33.7 Å². The minimum Gasteiger partial charge on any atom is -0.346 e. The highest BCUT2D eigenvalue weighted by atomic mass is 79.9. The van der Waals surface area contributed by atoms with Gasteiger partial charge in [0.1, 0.15) is 0 Å². The van der Waals surface area contributed by atoms with E-state index in [-0.39, 0.29) is 18.1 Å². The summed E-state index contributed by atoms with van der Waals surface area (Å²) in [4.78, 5) is 24.7. The number of nitrogens with one attached hydrogen (secondary N) is 1. The molecule has 0 aromatic heterocycles. The molecule has 0 spiro atoms. The third-order valence-corrected chi connectivity index (χ3v) is 5.21. The molecule has 0 aliphatic rings. The number of Topliss-reactive ketones (excluding diaryl/α,β-unsaturated/α-hetero) is 1. The number of rotatable bonds is 7. The first-order valence-electron chi connectivity index (χ1n) is 7.76. The van der Waals surface area contributed by atoms with Crippen LogP contribution in [0.15, 0.2) is 57.5 Å². The number of benzene rings is 2. The smallest absolute Gasteiger partial charge is 0.217 e. The molecule has 0 aliphatic carbocycles. The maximum atomic E-state index is 12.8. The van der Waals surface area contributed by atoms with Crippen molar-refractivity contribution >= 4 is 55.2 Å². The van der Waals surface area contributed by atoms with Crippen molar-refractivity contribution in [2.75, 3.05) is 5.88 Å². The van der Waals surface area contributed by atoms with Crippen LogP contribution in [0.2, 0.25) is 0 Å². The van der Waals surface area contributed by atoms with Gasteiger partial charge in [0.2, 0.25) is 5.91 Å². The minimum atomic E-state index is -0.835. The summed E-state index contributed by atoms with van der Waals surface area (Å²) in [7, 11) is 0. The van der Waals surface area contributed by atoms with Gasteiger partial charge in [-0.3, -0.25) is 9.59 Å². The lowest BCUT2D eigenvalue weighted by atomic mass is 9.81. The van der Waals surface area contributed by atoms with E-state index in [1.807, 2.05) is 36.4 Å². The predicted octanol–water partition coefficient (Wildman–Crippen LogP) is 5.44. The lowest BCUT2D eigenvalue weighted by molar-refractivity contribution is -0.121. The molecular formula is C19H18Br2ClNO2. The van der Waals surface area contributed by atoms with Gasteiger partial charge in [-0.25, -0.2) is 0 Å². The number of carbonyl (C=O) groups is 2. The zero-order valence-corrected chi connectivity index (χ0v) is 17.6. The second-order valence-corrected chi connectivity index (χ2v) is 8.03. The van der Waals surface area contributed by atoms with Crippen molar-refractivity contribution in [1.82, 2.24) is 5.32 Å². The summed E-state index contributed by atoms with van der Waals surface area (Å²) < 4.78 is 1.84. The standard InChI is InChI=1S/C19H18Br2ClNO2/c1-13(24)23-19(10-11-22,15-4-8-17(21)9-5-15)12-18(25)14-2-6-16(20)7-3-14/h2-9H,10-12H2,1H3,(H,23,24). The second-order valence-electron chi connectivity index (χ2n) is 5.82. The van der Waals surface area contributed by atoms with Gasteiger partial charge in [-0.15, -0.1) is 11.6 Å².